The Kier molecular flexibility index (Phi) is 7.96. The first kappa shape index (κ1) is 26.1. The molecule has 1 aliphatic carbocycles. The highest BCUT2D eigenvalue weighted by Gasteiger charge is 2.22. The van der Waals surface area contributed by atoms with Crippen LogP contribution >= 0.6 is 0 Å². The number of hydrogen-bond acceptors (Lipinski definition) is 6. The number of ether oxygens (including phenoxy) is 2. The smallest absolute Gasteiger partial charge is 0.282 e. The summed E-state index contributed by atoms with van der Waals surface area (Å²) in [5.41, 5.74) is 1.50. The highest BCUT2D eigenvalue weighted by molar-refractivity contribution is 5.92. The summed E-state index contributed by atoms with van der Waals surface area (Å²) in [6, 6.07) is 18.1. The second-order valence-electron chi connectivity index (χ2n) is 9.44. The fourth-order valence-corrected chi connectivity index (χ4v) is 4.79. The lowest BCUT2D eigenvalue weighted by atomic mass is 9.88. The summed E-state index contributed by atoms with van der Waals surface area (Å²) in [6.45, 7) is -0.288. The molecular weight excluding hydrogens is 499 g/mol. The first-order chi connectivity index (χ1) is 19.0. The molecule has 1 fully saturated rings. The van der Waals surface area contributed by atoms with Gasteiger partial charge in [-0.15, -0.1) is 0 Å². The monoisotopic (exact) mass is 528 g/mol. The van der Waals surface area contributed by atoms with Crippen molar-refractivity contribution in [2.24, 2.45) is 5.10 Å². The van der Waals surface area contributed by atoms with E-state index in [0.717, 1.165) is 25.7 Å². The molecular formula is C30H29FN4O4. The van der Waals surface area contributed by atoms with Crippen LogP contribution in [-0.4, -0.2) is 35.5 Å². The molecule has 4 aromatic rings. The van der Waals surface area contributed by atoms with Crippen molar-refractivity contribution in [1.29, 1.82) is 0 Å². The fourth-order valence-electron chi connectivity index (χ4n) is 4.79. The van der Waals surface area contributed by atoms with Crippen LogP contribution in [0, 0.1) is 5.82 Å². The normalized spacial score (nSPS) is 14.0. The van der Waals surface area contributed by atoms with Gasteiger partial charge in [-0.2, -0.15) is 9.78 Å². The third-order valence-corrected chi connectivity index (χ3v) is 6.73. The number of rotatable bonds is 8. The van der Waals surface area contributed by atoms with E-state index >= 15 is 0 Å². The van der Waals surface area contributed by atoms with Crippen molar-refractivity contribution in [3.05, 3.63) is 94.3 Å². The third-order valence-electron chi connectivity index (χ3n) is 6.73. The van der Waals surface area contributed by atoms with Gasteiger partial charge in [-0.3, -0.25) is 9.59 Å². The van der Waals surface area contributed by atoms with Gasteiger partial charge in [0, 0.05) is 11.6 Å². The summed E-state index contributed by atoms with van der Waals surface area (Å²) in [4.78, 5) is 30.5. The number of amides is 1. The quantitative estimate of drug-likeness (QED) is 0.305. The minimum absolute atomic E-state index is 0.178. The van der Waals surface area contributed by atoms with Gasteiger partial charge in [0.2, 0.25) is 0 Å². The van der Waals surface area contributed by atoms with Crippen molar-refractivity contribution in [2.75, 3.05) is 19.0 Å². The highest BCUT2D eigenvalue weighted by atomic mass is 19.1. The molecule has 3 aromatic carbocycles. The van der Waals surface area contributed by atoms with Gasteiger partial charge in [-0.25, -0.2) is 9.37 Å². The van der Waals surface area contributed by atoms with Gasteiger partial charge in [-0.1, -0.05) is 37.5 Å². The van der Waals surface area contributed by atoms with Crippen molar-refractivity contribution in [1.82, 2.24) is 9.66 Å². The number of fused-ring (bicyclic) bond motifs is 1. The molecule has 1 saturated carbocycles. The maximum absolute atomic E-state index is 13.4. The number of para-hydroxylation sites is 1. The minimum Gasteiger partial charge on any atom is -0.493 e. The second kappa shape index (κ2) is 11.9. The Morgan fingerprint density at radius 1 is 1.08 bits per heavy atom. The predicted octanol–water partition coefficient (Wildman–Crippen LogP) is 5.49. The van der Waals surface area contributed by atoms with E-state index in [2.05, 4.69) is 10.4 Å². The second-order valence-corrected chi connectivity index (χ2v) is 9.44. The van der Waals surface area contributed by atoms with E-state index in [1.165, 1.54) is 36.4 Å². The maximum Gasteiger partial charge on any atom is 0.282 e. The molecule has 39 heavy (non-hydrogen) atoms. The molecule has 1 heterocycles. The Morgan fingerprint density at radius 2 is 1.90 bits per heavy atom. The van der Waals surface area contributed by atoms with Crippen LogP contribution < -0.4 is 20.3 Å². The Bertz CT molecular complexity index is 1580. The van der Waals surface area contributed by atoms with Crippen molar-refractivity contribution in [2.45, 2.75) is 38.0 Å². The lowest BCUT2D eigenvalue weighted by Gasteiger charge is -2.22. The molecule has 0 radical (unpaired) electrons. The van der Waals surface area contributed by atoms with E-state index in [0.29, 0.717) is 39.5 Å². The number of anilines is 1. The largest absolute Gasteiger partial charge is 0.493 e. The molecule has 0 saturated heterocycles. The van der Waals surface area contributed by atoms with Crippen LogP contribution in [0.25, 0.3) is 10.9 Å². The summed E-state index contributed by atoms with van der Waals surface area (Å²) in [7, 11) is 1.49. The number of nitrogens with zero attached hydrogens (tertiary/aromatic N) is 3. The van der Waals surface area contributed by atoms with Gasteiger partial charge in [0.1, 0.15) is 11.6 Å². The number of aromatic nitrogens is 2. The molecule has 0 bridgehead atoms. The zero-order chi connectivity index (χ0) is 27.2. The molecule has 0 atom stereocenters. The van der Waals surface area contributed by atoms with Gasteiger partial charge in [0.15, 0.2) is 18.1 Å². The molecule has 200 valence electrons. The van der Waals surface area contributed by atoms with E-state index in [-0.39, 0.29) is 18.1 Å². The van der Waals surface area contributed by atoms with E-state index in [9.17, 15) is 14.0 Å². The number of carbonyl (C=O) groups is 1. The van der Waals surface area contributed by atoms with Crippen molar-refractivity contribution < 1.29 is 18.7 Å². The lowest BCUT2D eigenvalue weighted by Crippen LogP contribution is -2.25. The first-order valence-corrected chi connectivity index (χ1v) is 12.9. The van der Waals surface area contributed by atoms with Crippen molar-refractivity contribution in [3.63, 3.8) is 0 Å². The Balaban J connectivity index is 1.36. The SMILES string of the molecule is COc1cc(C=Nn2c(C3CCCCC3)nc3ccccc3c2=O)ccc1OCC(=O)Nc1cccc(F)c1. The number of methoxy groups -OCH3 is 1. The van der Waals surface area contributed by atoms with Crippen LogP contribution in [0.2, 0.25) is 0 Å². The minimum atomic E-state index is -0.444. The zero-order valence-electron chi connectivity index (χ0n) is 21.6. The molecule has 0 unspecified atom stereocenters. The van der Waals surface area contributed by atoms with Crippen LogP contribution in [0.5, 0.6) is 11.5 Å². The van der Waals surface area contributed by atoms with Crippen molar-refractivity contribution in [3.8, 4) is 11.5 Å². The predicted molar refractivity (Wildman–Crippen MR) is 148 cm³/mol. The molecule has 0 spiro atoms. The average molecular weight is 529 g/mol. The van der Waals surface area contributed by atoms with Gasteiger partial charge in [0.05, 0.1) is 24.2 Å². The van der Waals surface area contributed by atoms with E-state index < -0.39 is 11.7 Å². The summed E-state index contributed by atoms with van der Waals surface area (Å²) < 4.78 is 25.9. The van der Waals surface area contributed by atoms with Crippen molar-refractivity contribution >= 4 is 28.7 Å². The van der Waals surface area contributed by atoms with E-state index in [1.807, 2.05) is 18.2 Å². The van der Waals surface area contributed by atoms with Crippen LogP contribution in [0.1, 0.15) is 49.4 Å². The van der Waals surface area contributed by atoms with Gasteiger partial charge < -0.3 is 14.8 Å². The topological polar surface area (TPSA) is 94.8 Å². The number of halogens is 1. The Morgan fingerprint density at radius 3 is 2.69 bits per heavy atom. The summed E-state index contributed by atoms with van der Waals surface area (Å²) >= 11 is 0. The summed E-state index contributed by atoms with van der Waals surface area (Å²) in [5, 5.41) is 7.67. The molecule has 9 heteroatoms. The number of carbonyl (C=O) groups excluding carboxylic acids is 1. The molecule has 5 rings (SSSR count). The molecule has 1 N–H and O–H groups in total. The van der Waals surface area contributed by atoms with Crippen LogP contribution in [0.15, 0.2) is 76.6 Å². The third kappa shape index (κ3) is 6.14. The molecule has 1 amide bonds. The Labute approximate surface area is 225 Å². The van der Waals surface area contributed by atoms with Gasteiger partial charge in [-0.05, 0) is 66.9 Å². The number of hydrogen-bond donors (Lipinski definition) is 1. The first-order valence-electron chi connectivity index (χ1n) is 12.9. The van der Waals surface area contributed by atoms with Gasteiger partial charge >= 0.3 is 0 Å². The summed E-state index contributed by atoms with van der Waals surface area (Å²) in [5.74, 6) is 0.736. The van der Waals surface area contributed by atoms with Crippen LogP contribution in [-0.2, 0) is 4.79 Å². The standard InChI is InChI=1S/C30H29FN4O4/c1-38-27-16-20(14-15-26(27)39-19-28(36)33-23-11-7-10-22(31)17-23)18-32-35-29(21-8-3-2-4-9-21)34-25-13-6-5-12-24(25)30(35)37/h5-7,10-18,21H,2-4,8-9,19H2,1H3,(H,33,36). The maximum atomic E-state index is 13.4. The fraction of sp³-hybridized carbons (Fsp3) is 0.267. The highest BCUT2D eigenvalue weighted by Crippen LogP contribution is 2.32. The van der Waals surface area contributed by atoms with E-state index in [4.69, 9.17) is 14.5 Å². The van der Waals surface area contributed by atoms with Crippen LogP contribution in [0.4, 0.5) is 10.1 Å². The van der Waals surface area contributed by atoms with Gasteiger partial charge in [0.25, 0.3) is 11.5 Å². The lowest BCUT2D eigenvalue weighted by molar-refractivity contribution is -0.118. The number of nitrogens with one attached hydrogen (secondary N) is 1. The average Bonchev–Trinajstić information content (AvgIpc) is 2.96. The summed E-state index contributed by atoms with van der Waals surface area (Å²) in [6.07, 6.45) is 6.96. The molecule has 0 aliphatic heterocycles. The molecule has 1 aromatic heterocycles. The van der Waals surface area contributed by atoms with E-state index in [1.54, 1.807) is 36.5 Å². The zero-order valence-corrected chi connectivity index (χ0v) is 21.6. The van der Waals surface area contributed by atoms with Crippen LogP contribution in [0.3, 0.4) is 0 Å². The number of benzene rings is 3. The Hall–Kier alpha value is -4.53. The molecule has 1 aliphatic rings. The molecule has 8 nitrogen and oxygen atoms in total.